The van der Waals surface area contributed by atoms with Crippen LogP contribution in [0.4, 0.5) is 15.9 Å². The number of aliphatic imine (C=N–C) groups is 1. The molecule has 0 radical (unpaired) electrons. The number of hydrogen-bond acceptors (Lipinski definition) is 9. The highest BCUT2D eigenvalue weighted by atomic mass is 19.1. The molecule has 1 fully saturated rings. The summed E-state index contributed by atoms with van der Waals surface area (Å²) < 4.78 is 27.5. The molecular weight excluding hydrogens is 473 g/mol. The molecule has 4 aromatic rings. The molecule has 0 amide bonds. The molecule has 0 spiro atoms. The zero-order valence-electron chi connectivity index (χ0n) is 20.6. The molecule has 1 aliphatic rings. The summed E-state index contributed by atoms with van der Waals surface area (Å²) in [6.07, 6.45) is 5.98. The average molecular weight is 502 g/mol. The Labute approximate surface area is 213 Å². The van der Waals surface area contributed by atoms with Crippen molar-refractivity contribution in [2.24, 2.45) is 10.7 Å². The molecule has 9 nitrogen and oxygen atoms in total. The van der Waals surface area contributed by atoms with Crippen LogP contribution in [0.15, 0.2) is 60.1 Å². The quantitative estimate of drug-likeness (QED) is 0.327. The molecular formula is C27H28FN7O2. The Balaban J connectivity index is 1.61. The van der Waals surface area contributed by atoms with Gasteiger partial charge in [-0.1, -0.05) is 0 Å². The van der Waals surface area contributed by atoms with Crippen LogP contribution in [0.3, 0.4) is 0 Å². The average Bonchev–Trinajstić information content (AvgIpc) is 2.93. The maximum Gasteiger partial charge on any atom is 0.156 e. The molecule has 2 atom stereocenters. The molecule has 5 rings (SSSR count). The van der Waals surface area contributed by atoms with Crippen LogP contribution in [0.2, 0.25) is 0 Å². The Hall–Kier alpha value is -4.15. The van der Waals surface area contributed by atoms with Gasteiger partial charge in [0.1, 0.15) is 24.0 Å². The predicted molar refractivity (Wildman–Crippen MR) is 144 cm³/mol. The minimum absolute atomic E-state index is 0.000605. The van der Waals surface area contributed by atoms with Crippen molar-refractivity contribution in [2.45, 2.75) is 19.1 Å². The highest BCUT2D eigenvalue weighted by Gasteiger charge is 2.24. The number of allylic oxidation sites excluding steroid dienone is 1. The van der Waals surface area contributed by atoms with Crippen molar-refractivity contribution in [3.05, 3.63) is 66.5 Å². The Morgan fingerprint density at radius 1 is 1.27 bits per heavy atom. The first kappa shape index (κ1) is 24.5. The lowest BCUT2D eigenvalue weighted by Crippen LogP contribution is -2.49. The fourth-order valence-electron chi connectivity index (χ4n) is 4.37. The molecule has 0 aliphatic carbocycles. The fourth-order valence-corrected chi connectivity index (χ4v) is 4.37. The topological polar surface area (TPSA) is 120 Å². The second kappa shape index (κ2) is 10.9. The maximum absolute atomic E-state index is 15.4. The summed E-state index contributed by atoms with van der Waals surface area (Å²) in [7, 11) is 1.68. The number of halogens is 1. The Morgan fingerprint density at radius 3 is 2.95 bits per heavy atom. The molecule has 1 aliphatic heterocycles. The zero-order valence-corrected chi connectivity index (χ0v) is 20.6. The normalized spacial score (nSPS) is 17.4. The van der Waals surface area contributed by atoms with E-state index >= 15 is 4.39 Å². The highest BCUT2D eigenvalue weighted by molar-refractivity contribution is 6.11. The minimum atomic E-state index is -0.416. The summed E-state index contributed by atoms with van der Waals surface area (Å²) in [4.78, 5) is 17.3. The lowest BCUT2D eigenvalue weighted by atomic mass is 10.0. The van der Waals surface area contributed by atoms with E-state index in [-0.39, 0.29) is 17.8 Å². The second-order valence-corrected chi connectivity index (χ2v) is 8.68. The van der Waals surface area contributed by atoms with Crippen molar-refractivity contribution in [2.75, 3.05) is 32.1 Å². The number of anilines is 2. The largest absolute Gasteiger partial charge is 0.488 e. The molecule has 4 N–H and O–H groups in total. The zero-order chi connectivity index (χ0) is 25.8. The number of pyridine rings is 1. The van der Waals surface area contributed by atoms with Gasteiger partial charge in [-0.25, -0.2) is 14.4 Å². The van der Waals surface area contributed by atoms with E-state index in [1.54, 1.807) is 43.7 Å². The third kappa shape index (κ3) is 5.07. The van der Waals surface area contributed by atoms with E-state index < -0.39 is 5.82 Å². The van der Waals surface area contributed by atoms with Crippen molar-refractivity contribution in [3.8, 4) is 5.75 Å². The summed E-state index contributed by atoms with van der Waals surface area (Å²) in [5.74, 6) is 0.527. The van der Waals surface area contributed by atoms with E-state index in [1.165, 1.54) is 12.5 Å². The predicted octanol–water partition coefficient (Wildman–Crippen LogP) is 3.82. The Morgan fingerprint density at radius 2 is 2.16 bits per heavy atom. The summed E-state index contributed by atoms with van der Waals surface area (Å²) in [5, 5.41) is 7.61. The lowest BCUT2D eigenvalue weighted by molar-refractivity contribution is 0.0341. The van der Waals surface area contributed by atoms with Gasteiger partial charge in [0.2, 0.25) is 0 Å². The van der Waals surface area contributed by atoms with Gasteiger partial charge < -0.3 is 25.8 Å². The number of benzene rings is 2. The first-order valence-electron chi connectivity index (χ1n) is 12.0. The molecule has 1 saturated heterocycles. The molecule has 0 saturated carbocycles. The van der Waals surface area contributed by atoms with Crippen LogP contribution in [-0.4, -0.2) is 60.1 Å². The van der Waals surface area contributed by atoms with Crippen LogP contribution in [0.25, 0.3) is 27.4 Å². The summed E-state index contributed by atoms with van der Waals surface area (Å²) in [6.45, 7) is 3.92. The molecule has 0 bridgehead atoms. The second-order valence-electron chi connectivity index (χ2n) is 8.68. The van der Waals surface area contributed by atoms with E-state index in [1.807, 2.05) is 19.1 Å². The van der Waals surface area contributed by atoms with Gasteiger partial charge in [-0.3, -0.25) is 9.98 Å². The molecule has 190 valence electrons. The SMILES string of the molecule is CN=C/C(=C\N)c1cc(O[C@@H](C)[C@H]2COCCN2)c2c(Nc3ccc4ncccc4c3F)ncnc2c1. The Kier molecular flexibility index (Phi) is 7.20. The fraction of sp³-hybridized carbons (Fsp3) is 0.259. The van der Waals surface area contributed by atoms with E-state index in [9.17, 15) is 0 Å². The van der Waals surface area contributed by atoms with Gasteiger partial charge >= 0.3 is 0 Å². The van der Waals surface area contributed by atoms with E-state index in [0.29, 0.717) is 52.2 Å². The van der Waals surface area contributed by atoms with Crippen LogP contribution in [-0.2, 0) is 4.74 Å². The van der Waals surface area contributed by atoms with Crippen molar-refractivity contribution in [1.82, 2.24) is 20.3 Å². The molecule has 2 aromatic heterocycles. The van der Waals surface area contributed by atoms with Gasteiger partial charge in [-0.15, -0.1) is 0 Å². The third-order valence-electron chi connectivity index (χ3n) is 6.29. The van der Waals surface area contributed by atoms with Gasteiger partial charge in [0.05, 0.1) is 41.4 Å². The summed E-state index contributed by atoms with van der Waals surface area (Å²) in [6, 6.07) is 10.6. The van der Waals surface area contributed by atoms with E-state index in [2.05, 4.69) is 30.6 Å². The van der Waals surface area contributed by atoms with Crippen molar-refractivity contribution < 1.29 is 13.9 Å². The van der Waals surface area contributed by atoms with E-state index in [4.69, 9.17) is 15.2 Å². The van der Waals surface area contributed by atoms with Gasteiger partial charge in [0.15, 0.2) is 5.82 Å². The van der Waals surface area contributed by atoms with Crippen molar-refractivity contribution in [1.29, 1.82) is 0 Å². The lowest BCUT2D eigenvalue weighted by Gasteiger charge is -2.30. The third-order valence-corrected chi connectivity index (χ3v) is 6.29. The van der Waals surface area contributed by atoms with E-state index in [0.717, 1.165) is 12.1 Å². The summed E-state index contributed by atoms with van der Waals surface area (Å²) in [5.41, 5.74) is 8.82. The molecule has 3 heterocycles. The van der Waals surface area contributed by atoms with Crippen LogP contribution in [0.5, 0.6) is 5.75 Å². The van der Waals surface area contributed by atoms with Crippen LogP contribution >= 0.6 is 0 Å². The number of nitrogens with one attached hydrogen (secondary N) is 2. The number of ether oxygens (including phenoxy) is 2. The number of nitrogens with zero attached hydrogens (tertiary/aromatic N) is 4. The minimum Gasteiger partial charge on any atom is -0.488 e. The van der Waals surface area contributed by atoms with Gasteiger partial charge in [-0.2, -0.15) is 0 Å². The molecule has 37 heavy (non-hydrogen) atoms. The molecule has 2 aromatic carbocycles. The standard InChI is InChI=1S/C27H28FN7O2/c1-16(23-14-36-9-8-32-23)37-24-11-17(18(12-29)13-30-2)10-22-25(24)27(34-15-33-22)35-21-6-5-20-19(26(21)28)4-3-7-31-20/h3-7,10-13,15-16,23,32H,8-9,14,29H2,1-2H3,(H,33,34,35)/b18-12+,30-13?/t16-,23+/m0/s1. The van der Waals surface area contributed by atoms with Gasteiger partial charge in [-0.05, 0) is 48.9 Å². The van der Waals surface area contributed by atoms with Gasteiger partial charge in [0, 0.05) is 43.2 Å². The monoisotopic (exact) mass is 501 g/mol. The van der Waals surface area contributed by atoms with Crippen LogP contribution in [0, 0.1) is 5.82 Å². The Bertz CT molecular complexity index is 1480. The smallest absolute Gasteiger partial charge is 0.156 e. The first-order valence-corrected chi connectivity index (χ1v) is 12.0. The van der Waals surface area contributed by atoms with Crippen molar-refractivity contribution >= 4 is 45.1 Å². The number of rotatable bonds is 7. The summed E-state index contributed by atoms with van der Waals surface area (Å²) >= 11 is 0. The molecule has 0 unspecified atom stereocenters. The number of morpholine rings is 1. The van der Waals surface area contributed by atoms with Crippen LogP contribution < -0.4 is 21.1 Å². The number of aromatic nitrogens is 3. The maximum atomic E-state index is 15.4. The van der Waals surface area contributed by atoms with Gasteiger partial charge in [0.25, 0.3) is 0 Å². The number of hydrogen-bond donors (Lipinski definition) is 3. The highest BCUT2D eigenvalue weighted by Crippen LogP contribution is 2.36. The van der Waals surface area contributed by atoms with Crippen LogP contribution in [0.1, 0.15) is 12.5 Å². The number of nitrogens with two attached hydrogens (primary N) is 1. The first-order chi connectivity index (χ1) is 18.1. The van der Waals surface area contributed by atoms with Crippen molar-refractivity contribution in [3.63, 3.8) is 0 Å². The molecule has 10 heteroatoms. The number of fused-ring (bicyclic) bond motifs is 2.